The van der Waals surface area contributed by atoms with E-state index in [2.05, 4.69) is 11.8 Å². The second-order valence-corrected chi connectivity index (χ2v) is 6.07. The molecular formula is C17H23N3O3. The lowest BCUT2D eigenvalue weighted by atomic mass is 10.1. The van der Waals surface area contributed by atoms with Crippen LogP contribution in [0.25, 0.3) is 0 Å². The van der Waals surface area contributed by atoms with Crippen LogP contribution in [0.1, 0.15) is 12.5 Å². The lowest BCUT2D eigenvalue weighted by molar-refractivity contribution is -0.132. The summed E-state index contributed by atoms with van der Waals surface area (Å²) in [4.78, 5) is 16.3. The van der Waals surface area contributed by atoms with Crippen molar-refractivity contribution in [3.63, 3.8) is 0 Å². The summed E-state index contributed by atoms with van der Waals surface area (Å²) in [6, 6.07) is 7.31. The third-order valence-corrected chi connectivity index (χ3v) is 4.23. The van der Waals surface area contributed by atoms with E-state index in [4.69, 9.17) is 14.7 Å². The minimum atomic E-state index is -0.0346. The molecule has 124 valence electrons. The summed E-state index contributed by atoms with van der Waals surface area (Å²) in [5.41, 5.74) is 0.489. The number of amides is 1. The Hall–Kier alpha value is -2.26. The Morgan fingerprint density at radius 2 is 2.13 bits per heavy atom. The minimum Gasteiger partial charge on any atom is -0.493 e. The van der Waals surface area contributed by atoms with Gasteiger partial charge in [0.1, 0.15) is 0 Å². The molecule has 23 heavy (non-hydrogen) atoms. The fraction of sp³-hybridized carbons (Fsp3) is 0.529. The molecule has 1 aromatic carbocycles. The third kappa shape index (κ3) is 3.93. The van der Waals surface area contributed by atoms with Crippen molar-refractivity contribution in [2.24, 2.45) is 5.92 Å². The summed E-state index contributed by atoms with van der Waals surface area (Å²) in [6.45, 7) is 3.59. The first kappa shape index (κ1) is 17.1. The lowest BCUT2D eigenvalue weighted by Gasteiger charge is -2.22. The van der Waals surface area contributed by atoms with Crippen molar-refractivity contribution >= 4 is 5.91 Å². The number of nitriles is 1. The zero-order chi connectivity index (χ0) is 17.0. The average molecular weight is 317 g/mol. The zero-order valence-corrected chi connectivity index (χ0v) is 14.1. The van der Waals surface area contributed by atoms with Crippen molar-refractivity contribution in [3.05, 3.63) is 23.8 Å². The number of likely N-dealkylation sites (tertiary alicyclic amines) is 1. The molecule has 1 amide bonds. The van der Waals surface area contributed by atoms with Crippen molar-refractivity contribution in [1.82, 2.24) is 9.80 Å². The highest BCUT2D eigenvalue weighted by atomic mass is 16.5. The molecule has 1 aliphatic heterocycles. The van der Waals surface area contributed by atoms with E-state index in [1.165, 1.54) is 7.11 Å². The Bertz CT molecular complexity index is 610. The predicted molar refractivity (Wildman–Crippen MR) is 86.4 cm³/mol. The van der Waals surface area contributed by atoms with Gasteiger partial charge in [0, 0.05) is 25.2 Å². The number of hydrogen-bond acceptors (Lipinski definition) is 5. The normalized spacial score (nSPS) is 20.4. The molecule has 0 aliphatic carbocycles. The average Bonchev–Trinajstić information content (AvgIpc) is 2.94. The highest BCUT2D eigenvalue weighted by Crippen LogP contribution is 2.28. The van der Waals surface area contributed by atoms with E-state index >= 15 is 0 Å². The van der Waals surface area contributed by atoms with Crippen molar-refractivity contribution in [3.8, 4) is 17.6 Å². The summed E-state index contributed by atoms with van der Waals surface area (Å²) < 4.78 is 10.8. The highest BCUT2D eigenvalue weighted by molar-refractivity contribution is 5.78. The van der Waals surface area contributed by atoms with Gasteiger partial charge in [-0.25, -0.2) is 0 Å². The van der Waals surface area contributed by atoms with Crippen LogP contribution in [0.5, 0.6) is 11.5 Å². The van der Waals surface area contributed by atoms with E-state index < -0.39 is 0 Å². The summed E-state index contributed by atoms with van der Waals surface area (Å²) >= 11 is 0. The number of rotatable bonds is 5. The summed E-state index contributed by atoms with van der Waals surface area (Å²) in [7, 11) is 5.58. The number of ether oxygens (including phenoxy) is 2. The van der Waals surface area contributed by atoms with Gasteiger partial charge in [-0.05, 0) is 32.1 Å². The SMILES string of the molecule is COc1cc(C#N)ccc1OCC(=O)N1C[C@@H](C)[C@@H](N(C)C)C1. The predicted octanol–water partition coefficient (Wildman–Crippen LogP) is 1.35. The molecule has 2 rings (SSSR count). The quantitative estimate of drug-likeness (QED) is 0.820. The van der Waals surface area contributed by atoms with Gasteiger partial charge < -0.3 is 19.3 Å². The van der Waals surface area contributed by atoms with Gasteiger partial charge in [-0.15, -0.1) is 0 Å². The van der Waals surface area contributed by atoms with Crippen LogP contribution in [0.3, 0.4) is 0 Å². The van der Waals surface area contributed by atoms with Crippen LogP contribution >= 0.6 is 0 Å². The van der Waals surface area contributed by atoms with Crippen LogP contribution in [0, 0.1) is 17.2 Å². The Balaban J connectivity index is 1.96. The van der Waals surface area contributed by atoms with E-state index in [1.54, 1.807) is 18.2 Å². The van der Waals surface area contributed by atoms with Gasteiger partial charge in [0.15, 0.2) is 18.1 Å². The molecule has 0 spiro atoms. The van der Waals surface area contributed by atoms with Gasteiger partial charge in [-0.2, -0.15) is 5.26 Å². The molecule has 0 bridgehead atoms. The van der Waals surface area contributed by atoms with Crippen LogP contribution in [-0.2, 0) is 4.79 Å². The first-order chi connectivity index (χ1) is 11.0. The first-order valence-corrected chi connectivity index (χ1v) is 7.61. The number of carbonyl (C=O) groups is 1. The number of nitrogens with zero attached hydrogens (tertiary/aromatic N) is 3. The molecule has 0 N–H and O–H groups in total. The van der Waals surface area contributed by atoms with Crippen molar-refractivity contribution in [2.75, 3.05) is 40.9 Å². The molecule has 2 atom stereocenters. The lowest BCUT2D eigenvalue weighted by Crippen LogP contribution is -2.37. The molecular weight excluding hydrogens is 294 g/mol. The van der Waals surface area contributed by atoms with Crippen LogP contribution in [0.4, 0.5) is 0 Å². The Kier molecular flexibility index (Phi) is 5.45. The van der Waals surface area contributed by atoms with Gasteiger partial charge >= 0.3 is 0 Å². The van der Waals surface area contributed by atoms with E-state index in [-0.39, 0.29) is 12.5 Å². The molecule has 1 heterocycles. The molecule has 0 saturated carbocycles. The standard InChI is InChI=1S/C17H23N3O3/c1-12-9-20(10-14(12)19(2)3)17(21)11-23-15-6-5-13(8-18)7-16(15)22-4/h5-7,12,14H,9-11H2,1-4H3/t12-,14+/m1/s1. The molecule has 0 radical (unpaired) electrons. The number of benzene rings is 1. The second kappa shape index (κ2) is 7.34. The molecule has 6 nitrogen and oxygen atoms in total. The largest absolute Gasteiger partial charge is 0.493 e. The Labute approximate surface area is 137 Å². The van der Waals surface area contributed by atoms with E-state index in [1.807, 2.05) is 25.1 Å². The fourth-order valence-corrected chi connectivity index (χ4v) is 2.91. The molecule has 0 aromatic heterocycles. The fourth-order valence-electron chi connectivity index (χ4n) is 2.91. The topological polar surface area (TPSA) is 65.8 Å². The van der Waals surface area contributed by atoms with Crippen LogP contribution < -0.4 is 9.47 Å². The van der Waals surface area contributed by atoms with Crippen LogP contribution in [0.2, 0.25) is 0 Å². The maximum absolute atomic E-state index is 12.3. The Morgan fingerprint density at radius 1 is 1.39 bits per heavy atom. The van der Waals surface area contributed by atoms with E-state index in [0.717, 1.165) is 13.1 Å². The molecule has 6 heteroatoms. The summed E-state index contributed by atoms with van der Waals surface area (Å²) in [6.07, 6.45) is 0. The molecule has 1 aliphatic rings. The van der Waals surface area contributed by atoms with Gasteiger partial charge in [-0.3, -0.25) is 4.79 Å². The monoisotopic (exact) mass is 317 g/mol. The Morgan fingerprint density at radius 3 is 2.70 bits per heavy atom. The van der Waals surface area contributed by atoms with Gasteiger partial charge in [0.25, 0.3) is 5.91 Å². The van der Waals surface area contributed by atoms with E-state index in [9.17, 15) is 4.79 Å². The molecule has 1 saturated heterocycles. The third-order valence-electron chi connectivity index (χ3n) is 4.23. The second-order valence-electron chi connectivity index (χ2n) is 6.07. The number of hydrogen-bond donors (Lipinski definition) is 0. The zero-order valence-electron chi connectivity index (χ0n) is 14.1. The number of carbonyl (C=O) groups excluding carboxylic acids is 1. The smallest absolute Gasteiger partial charge is 0.260 e. The molecule has 1 fully saturated rings. The van der Waals surface area contributed by atoms with E-state index in [0.29, 0.717) is 29.0 Å². The van der Waals surface area contributed by atoms with Crippen molar-refractivity contribution < 1.29 is 14.3 Å². The maximum atomic E-state index is 12.3. The minimum absolute atomic E-state index is 0.0326. The van der Waals surface area contributed by atoms with Crippen LogP contribution in [-0.4, -0.2) is 62.7 Å². The summed E-state index contributed by atoms with van der Waals surface area (Å²) in [5, 5.41) is 8.89. The van der Waals surface area contributed by atoms with Gasteiger partial charge in [0.2, 0.25) is 0 Å². The van der Waals surface area contributed by atoms with Crippen LogP contribution in [0.15, 0.2) is 18.2 Å². The van der Waals surface area contributed by atoms with Crippen molar-refractivity contribution in [1.29, 1.82) is 5.26 Å². The van der Waals surface area contributed by atoms with Gasteiger partial charge in [0.05, 0.1) is 18.7 Å². The number of methoxy groups -OCH3 is 1. The maximum Gasteiger partial charge on any atom is 0.260 e. The number of likely N-dealkylation sites (N-methyl/N-ethyl adjacent to an activating group) is 1. The molecule has 0 unspecified atom stereocenters. The first-order valence-electron chi connectivity index (χ1n) is 7.61. The molecule has 1 aromatic rings. The van der Waals surface area contributed by atoms with Gasteiger partial charge in [-0.1, -0.05) is 6.92 Å². The highest BCUT2D eigenvalue weighted by Gasteiger charge is 2.33. The summed E-state index contributed by atoms with van der Waals surface area (Å²) in [5.74, 6) is 1.33. The van der Waals surface area contributed by atoms with Crippen molar-refractivity contribution in [2.45, 2.75) is 13.0 Å².